The summed E-state index contributed by atoms with van der Waals surface area (Å²) in [6, 6.07) is -0.967. The SMILES string of the molecule is CC(C)CN(C(=O)OC(C)(C)C)[C@@H](CS)C(=O)O. The van der Waals surface area contributed by atoms with E-state index in [9.17, 15) is 9.59 Å². The molecule has 1 atom stereocenters. The van der Waals surface area contributed by atoms with Crippen molar-refractivity contribution >= 4 is 24.7 Å². The van der Waals surface area contributed by atoms with Gasteiger partial charge in [0.25, 0.3) is 0 Å². The first-order valence-electron chi connectivity index (χ1n) is 5.91. The predicted octanol–water partition coefficient (Wildman–Crippen LogP) is 2.26. The van der Waals surface area contributed by atoms with Crippen LogP contribution in [0.15, 0.2) is 0 Å². The van der Waals surface area contributed by atoms with Crippen LogP contribution in [0.5, 0.6) is 0 Å². The van der Waals surface area contributed by atoms with Gasteiger partial charge in [-0.2, -0.15) is 12.6 Å². The first-order chi connectivity index (χ1) is 8.08. The summed E-state index contributed by atoms with van der Waals surface area (Å²) in [5.41, 5.74) is -0.647. The van der Waals surface area contributed by atoms with E-state index in [-0.39, 0.29) is 11.7 Å². The third-order valence-electron chi connectivity index (χ3n) is 2.02. The van der Waals surface area contributed by atoms with Crippen LogP contribution in [0.2, 0.25) is 0 Å². The van der Waals surface area contributed by atoms with Crippen LogP contribution in [0.1, 0.15) is 34.6 Å². The Bertz CT molecular complexity index is 299. The fraction of sp³-hybridized carbons (Fsp3) is 0.833. The van der Waals surface area contributed by atoms with Gasteiger partial charge in [-0.1, -0.05) is 13.8 Å². The molecule has 0 saturated heterocycles. The molecule has 0 aromatic rings. The molecule has 0 rings (SSSR count). The first-order valence-corrected chi connectivity index (χ1v) is 6.55. The molecule has 0 aromatic heterocycles. The Kier molecular flexibility index (Phi) is 6.52. The highest BCUT2D eigenvalue weighted by molar-refractivity contribution is 7.80. The molecular formula is C12H23NO4S. The molecule has 0 aliphatic rings. The summed E-state index contributed by atoms with van der Waals surface area (Å²) in [5, 5.41) is 9.11. The minimum Gasteiger partial charge on any atom is -0.480 e. The van der Waals surface area contributed by atoms with Crippen molar-refractivity contribution in [1.82, 2.24) is 4.90 Å². The number of amides is 1. The molecule has 0 heterocycles. The van der Waals surface area contributed by atoms with E-state index in [0.717, 1.165) is 0 Å². The summed E-state index contributed by atoms with van der Waals surface area (Å²) < 4.78 is 5.22. The Morgan fingerprint density at radius 1 is 1.33 bits per heavy atom. The molecule has 1 N–H and O–H groups in total. The number of thiol groups is 1. The van der Waals surface area contributed by atoms with E-state index in [0.29, 0.717) is 6.54 Å². The Morgan fingerprint density at radius 2 is 1.83 bits per heavy atom. The van der Waals surface area contributed by atoms with Crippen molar-refractivity contribution in [3.63, 3.8) is 0 Å². The van der Waals surface area contributed by atoms with Crippen molar-refractivity contribution in [2.45, 2.75) is 46.3 Å². The third-order valence-corrected chi connectivity index (χ3v) is 2.37. The lowest BCUT2D eigenvalue weighted by Crippen LogP contribution is -2.49. The maximum absolute atomic E-state index is 12.0. The molecule has 0 aliphatic heterocycles. The molecule has 106 valence electrons. The number of carboxylic acid groups (broad SMARTS) is 1. The van der Waals surface area contributed by atoms with Crippen LogP contribution in [-0.2, 0) is 9.53 Å². The van der Waals surface area contributed by atoms with Crippen molar-refractivity contribution in [2.24, 2.45) is 5.92 Å². The highest BCUT2D eigenvalue weighted by Crippen LogP contribution is 2.14. The van der Waals surface area contributed by atoms with Crippen molar-refractivity contribution in [1.29, 1.82) is 0 Å². The number of hydrogen-bond acceptors (Lipinski definition) is 4. The van der Waals surface area contributed by atoms with Crippen LogP contribution in [0.25, 0.3) is 0 Å². The number of carbonyl (C=O) groups excluding carboxylic acids is 1. The Morgan fingerprint density at radius 3 is 2.11 bits per heavy atom. The monoisotopic (exact) mass is 277 g/mol. The highest BCUT2D eigenvalue weighted by atomic mass is 32.1. The quantitative estimate of drug-likeness (QED) is 0.756. The first kappa shape index (κ1) is 17.1. The second kappa shape index (κ2) is 6.87. The molecule has 0 radical (unpaired) electrons. The Hall–Kier alpha value is -0.910. The molecule has 18 heavy (non-hydrogen) atoms. The number of carboxylic acids is 1. The molecule has 5 nitrogen and oxygen atoms in total. The van der Waals surface area contributed by atoms with Gasteiger partial charge in [-0.3, -0.25) is 4.90 Å². The minimum absolute atomic E-state index is 0.0568. The van der Waals surface area contributed by atoms with Gasteiger partial charge in [0.1, 0.15) is 11.6 Å². The van der Waals surface area contributed by atoms with Crippen LogP contribution in [-0.4, -0.2) is 46.0 Å². The zero-order valence-corrected chi connectivity index (χ0v) is 12.5. The lowest BCUT2D eigenvalue weighted by molar-refractivity contribution is -0.142. The summed E-state index contributed by atoms with van der Waals surface area (Å²) in [5.74, 6) is -0.864. The number of rotatable bonds is 5. The van der Waals surface area contributed by atoms with Gasteiger partial charge in [0.15, 0.2) is 0 Å². The van der Waals surface area contributed by atoms with Gasteiger partial charge >= 0.3 is 12.1 Å². The second-order valence-corrected chi connectivity index (χ2v) is 5.93. The van der Waals surface area contributed by atoms with E-state index in [1.54, 1.807) is 20.8 Å². The molecule has 0 aromatic carbocycles. The van der Waals surface area contributed by atoms with E-state index in [1.807, 2.05) is 13.8 Å². The molecule has 0 saturated carbocycles. The van der Waals surface area contributed by atoms with Crippen molar-refractivity contribution < 1.29 is 19.4 Å². The zero-order chi connectivity index (χ0) is 14.5. The van der Waals surface area contributed by atoms with Crippen molar-refractivity contribution in [2.75, 3.05) is 12.3 Å². The largest absolute Gasteiger partial charge is 0.480 e. The summed E-state index contributed by atoms with van der Waals surface area (Å²) in [6.45, 7) is 9.38. The van der Waals surface area contributed by atoms with Gasteiger partial charge in [0.2, 0.25) is 0 Å². The number of aliphatic carboxylic acids is 1. The van der Waals surface area contributed by atoms with Crippen molar-refractivity contribution in [3.05, 3.63) is 0 Å². The van der Waals surface area contributed by atoms with Gasteiger partial charge in [-0.05, 0) is 26.7 Å². The molecule has 0 unspecified atom stereocenters. The molecular weight excluding hydrogens is 254 g/mol. The van der Waals surface area contributed by atoms with Crippen LogP contribution in [0.4, 0.5) is 4.79 Å². The molecule has 0 bridgehead atoms. The fourth-order valence-corrected chi connectivity index (χ4v) is 1.71. The molecule has 0 aliphatic carbocycles. The summed E-state index contributed by atoms with van der Waals surface area (Å²) in [4.78, 5) is 24.4. The number of carbonyl (C=O) groups is 2. The van der Waals surface area contributed by atoms with Gasteiger partial charge in [-0.15, -0.1) is 0 Å². The molecule has 6 heteroatoms. The molecule has 1 amide bonds. The average molecular weight is 277 g/mol. The maximum atomic E-state index is 12.0. The number of ether oxygens (including phenoxy) is 1. The highest BCUT2D eigenvalue weighted by Gasteiger charge is 2.32. The minimum atomic E-state index is -1.07. The normalized spacial score (nSPS) is 13.3. The van der Waals surface area contributed by atoms with E-state index >= 15 is 0 Å². The maximum Gasteiger partial charge on any atom is 0.411 e. The average Bonchev–Trinajstić information content (AvgIpc) is 2.13. The van der Waals surface area contributed by atoms with Crippen molar-refractivity contribution in [3.8, 4) is 0 Å². The predicted molar refractivity (Wildman–Crippen MR) is 73.1 cm³/mol. The Balaban J connectivity index is 4.97. The second-order valence-electron chi connectivity index (χ2n) is 5.56. The van der Waals surface area contributed by atoms with Gasteiger partial charge in [0, 0.05) is 12.3 Å². The van der Waals surface area contributed by atoms with Gasteiger partial charge < -0.3 is 9.84 Å². The Labute approximate surface area is 114 Å². The van der Waals surface area contributed by atoms with Crippen LogP contribution in [0, 0.1) is 5.92 Å². The van der Waals surface area contributed by atoms with Gasteiger partial charge in [0.05, 0.1) is 0 Å². The van der Waals surface area contributed by atoms with E-state index < -0.39 is 23.7 Å². The summed E-state index contributed by atoms with van der Waals surface area (Å²) >= 11 is 3.99. The smallest absolute Gasteiger partial charge is 0.411 e. The van der Waals surface area contributed by atoms with Crippen LogP contribution >= 0.6 is 12.6 Å². The van der Waals surface area contributed by atoms with E-state index in [4.69, 9.17) is 9.84 Å². The lowest BCUT2D eigenvalue weighted by atomic mass is 10.1. The van der Waals surface area contributed by atoms with Crippen LogP contribution in [0.3, 0.4) is 0 Å². The number of nitrogens with zero attached hydrogens (tertiary/aromatic N) is 1. The van der Waals surface area contributed by atoms with Gasteiger partial charge in [-0.25, -0.2) is 9.59 Å². The van der Waals surface area contributed by atoms with E-state index in [2.05, 4.69) is 12.6 Å². The summed E-state index contributed by atoms with van der Waals surface area (Å²) in [7, 11) is 0. The number of hydrogen-bond donors (Lipinski definition) is 2. The third kappa shape index (κ3) is 6.14. The fourth-order valence-electron chi connectivity index (χ4n) is 1.35. The standard InChI is InChI=1S/C12H23NO4S/c1-8(2)6-13(9(7-18)10(14)15)11(16)17-12(3,4)5/h8-9,18H,6-7H2,1-5H3,(H,14,15)/t9-/m0/s1. The lowest BCUT2D eigenvalue weighted by Gasteiger charge is -2.31. The van der Waals surface area contributed by atoms with E-state index in [1.165, 1.54) is 4.90 Å². The summed E-state index contributed by atoms with van der Waals surface area (Å²) in [6.07, 6.45) is -0.613. The van der Waals surface area contributed by atoms with Crippen LogP contribution < -0.4 is 0 Å². The topological polar surface area (TPSA) is 66.8 Å². The molecule has 0 fully saturated rings. The molecule has 0 spiro atoms. The zero-order valence-electron chi connectivity index (χ0n) is 11.6.